The number of aromatic nitrogens is 1. The number of alkyl halides is 3. The van der Waals surface area contributed by atoms with E-state index in [1.807, 2.05) is 37.3 Å². The van der Waals surface area contributed by atoms with Crippen molar-refractivity contribution in [3.8, 4) is 0 Å². The van der Waals surface area contributed by atoms with Gasteiger partial charge in [0.2, 0.25) is 5.91 Å². The van der Waals surface area contributed by atoms with Crippen molar-refractivity contribution < 1.29 is 18.0 Å². The molecule has 1 amide bonds. The van der Waals surface area contributed by atoms with E-state index in [1.54, 1.807) is 6.92 Å². The van der Waals surface area contributed by atoms with Crippen molar-refractivity contribution >= 4 is 17.7 Å². The summed E-state index contributed by atoms with van der Waals surface area (Å²) in [4.78, 5) is 15.9. The van der Waals surface area contributed by atoms with Crippen LogP contribution in [0, 0.1) is 0 Å². The lowest BCUT2D eigenvalue weighted by molar-refractivity contribution is -0.137. The maximum absolute atomic E-state index is 12.5. The SMILES string of the molecule is CC(Sc1ccc(C(F)(F)F)cn1)C(=O)NCC(C)c1ccccc1. The number of carbonyl (C=O) groups excluding carboxylic acids is 1. The first kappa shape index (κ1) is 19.3. The van der Waals surface area contributed by atoms with Gasteiger partial charge in [-0.3, -0.25) is 4.79 Å². The molecule has 134 valence electrons. The van der Waals surface area contributed by atoms with Crippen LogP contribution in [0.2, 0.25) is 0 Å². The highest BCUT2D eigenvalue weighted by Crippen LogP contribution is 2.30. The molecule has 3 nitrogen and oxygen atoms in total. The molecule has 0 saturated carbocycles. The minimum absolute atomic E-state index is 0.172. The van der Waals surface area contributed by atoms with E-state index in [0.29, 0.717) is 11.6 Å². The summed E-state index contributed by atoms with van der Waals surface area (Å²) in [5.74, 6) is 0.000947. The first-order valence-electron chi connectivity index (χ1n) is 7.80. The van der Waals surface area contributed by atoms with Crippen molar-refractivity contribution in [1.82, 2.24) is 10.3 Å². The third-order valence-corrected chi connectivity index (χ3v) is 4.73. The summed E-state index contributed by atoms with van der Waals surface area (Å²) in [6, 6.07) is 12.1. The van der Waals surface area contributed by atoms with Crippen LogP contribution in [0.4, 0.5) is 13.2 Å². The molecule has 0 spiro atoms. The quantitative estimate of drug-likeness (QED) is 0.764. The van der Waals surface area contributed by atoms with Gasteiger partial charge >= 0.3 is 6.18 Å². The first-order valence-corrected chi connectivity index (χ1v) is 8.68. The van der Waals surface area contributed by atoms with Crippen LogP contribution in [-0.2, 0) is 11.0 Å². The van der Waals surface area contributed by atoms with Gasteiger partial charge in [-0.2, -0.15) is 13.2 Å². The predicted octanol–water partition coefficient (Wildman–Crippen LogP) is 4.50. The molecule has 25 heavy (non-hydrogen) atoms. The number of rotatable bonds is 6. The Balaban J connectivity index is 1.86. The van der Waals surface area contributed by atoms with Crippen molar-refractivity contribution in [3.63, 3.8) is 0 Å². The number of carbonyl (C=O) groups is 1. The molecule has 0 radical (unpaired) electrons. The molecule has 1 aromatic carbocycles. The summed E-state index contributed by atoms with van der Waals surface area (Å²) in [5.41, 5.74) is 0.332. The van der Waals surface area contributed by atoms with Crippen LogP contribution < -0.4 is 5.32 Å². The van der Waals surface area contributed by atoms with E-state index in [-0.39, 0.29) is 11.8 Å². The van der Waals surface area contributed by atoms with E-state index in [0.717, 1.165) is 29.6 Å². The van der Waals surface area contributed by atoms with Gasteiger partial charge in [0, 0.05) is 12.7 Å². The minimum atomic E-state index is -4.41. The van der Waals surface area contributed by atoms with E-state index < -0.39 is 17.0 Å². The molecule has 1 N–H and O–H groups in total. The van der Waals surface area contributed by atoms with Crippen molar-refractivity contribution in [3.05, 3.63) is 59.8 Å². The van der Waals surface area contributed by atoms with Crippen molar-refractivity contribution in [2.45, 2.75) is 36.2 Å². The molecule has 0 aliphatic heterocycles. The molecule has 0 aliphatic carbocycles. The van der Waals surface area contributed by atoms with Gasteiger partial charge < -0.3 is 5.32 Å². The Morgan fingerprint density at radius 2 is 1.84 bits per heavy atom. The maximum Gasteiger partial charge on any atom is 0.417 e. The Morgan fingerprint density at radius 1 is 1.16 bits per heavy atom. The fraction of sp³-hybridized carbons (Fsp3) is 0.333. The molecule has 7 heteroatoms. The summed E-state index contributed by atoms with van der Waals surface area (Å²) in [5, 5.41) is 2.80. The number of nitrogens with one attached hydrogen (secondary N) is 1. The number of thioether (sulfide) groups is 1. The number of halogens is 3. The zero-order chi connectivity index (χ0) is 18.4. The number of pyridine rings is 1. The zero-order valence-corrected chi connectivity index (χ0v) is 14.7. The van der Waals surface area contributed by atoms with E-state index in [9.17, 15) is 18.0 Å². The third kappa shape index (κ3) is 5.77. The summed E-state index contributed by atoms with van der Waals surface area (Å²) in [6.07, 6.45) is -3.63. The van der Waals surface area contributed by atoms with Crippen LogP contribution in [0.1, 0.15) is 30.9 Å². The molecule has 1 aromatic heterocycles. The number of benzene rings is 1. The lowest BCUT2D eigenvalue weighted by atomic mass is 10.0. The van der Waals surface area contributed by atoms with Crippen molar-refractivity contribution in [2.24, 2.45) is 0 Å². The highest BCUT2D eigenvalue weighted by molar-refractivity contribution is 8.00. The number of hydrogen-bond donors (Lipinski definition) is 1. The van der Waals surface area contributed by atoms with Crippen molar-refractivity contribution in [1.29, 1.82) is 0 Å². The smallest absolute Gasteiger partial charge is 0.355 e. The molecule has 2 atom stereocenters. The van der Waals surface area contributed by atoms with Gasteiger partial charge in [0.25, 0.3) is 0 Å². The average molecular weight is 368 g/mol. The fourth-order valence-electron chi connectivity index (χ4n) is 2.15. The van der Waals surface area contributed by atoms with E-state index in [2.05, 4.69) is 10.3 Å². The number of hydrogen-bond acceptors (Lipinski definition) is 3. The summed E-state index contributed by atoms with van der Waals surface area (Å²) in [7, 11) is 0. The Labute approximate surface area is 149 Å². The standard InChI is InChI=1S/C18H19F3N2OS/c1-12(14-6-4-3-5-7-14)10-23-17(24)13(2)25-16-9-8-15(11-22-16)18(19,20)21/h3-9,11-13H,10H2,1-2H3,(H,23,24). The minimum Gasteiger partial charge on any atom is -0.355 e. The second-order valence-corrected chi connectivity index (χ2v) is 7.06. The summed E-state index contributed by atoms with van der Waals surface area (Å²) >= 11 is 1.13. The lowest BCUT2D eigenvalue weighted by Gasteiger charge is -2.16. The topological polar surface area (TPSA) is 42.0 Å². The molecule has 0 aliphatic rings. The van der Waals surface area contributed by atoms with Gasteiger partial charge in [-0.1, -0.05) is 49.0 Å². The second kappa shape index (κ2) is 8.38. The van der Waals surface area contributed by atoms with Gasteiger partial charge in [-0.15, -0.1) is 0 Å². The predicted molar refractivity (Wildman–Crippen MR) is 92.4 cm³/mol. The van der Waals surface area contributed by atoms with Gasteiger partial charge in [-0.05, 0) is 30.5 Å². The highest BCUT2D eigenvalue weighted by Gasteiger charge is 2.30. The Morgan fingerprint density at radius 3 is 2.40 bits per heavy atom. The van der Waals surface area contributed by atoms with Crippen LogP contribution >= 0.6 is 11.8 Å². The van der Waals surface area contributed by atoms with Crippen LogP contribution in [0.3, 0.4) is 0 Å². The van der Waals surface area contributed by atoms with Gasteiger partial charge in [-0.25, -0.2) is 4.98 Å². The van der Waals surface area contributed by atoms with E-state index in [4.69, 9.17) is 0 Å². The zero-order valence-electron chi connectivity index (χ0n) is 13.9. The Kier molecular flexibility index (Phi) is 6.47. The highest BCUT2D eigenvalue weighted by atomic mass is 32.2. The number of nitrogens with zero attached hydrogens (tertiary/aromatic N) is 1. The van der Waals surface area contributed by atoms with E-state index >= 15 is 0 Å². The van der Waals surface area contributed by atoms with E-state index in [1.165, 1.54) is 6.07 Å². The molecule has 2 rings (SSSR count). The lowest BCUT2D eigenvalue weighted by Crippen LogP contribution is -2.33. The molecular formula is C18H19F3N2OS. The molecule has 2 unspecified atom stereocenters. The summed E-state index contributed by atoms with van der Waals surface area (Å²) < 4.78 is 37.5. The van der Waals surface area contributed by atoms with Gasteiger partial charge in [0.15, 0.2) is 0 Å². The Bertz CT molecular complexity index is 690. The Hall–Kier alpha value is -2.02. The monoisotopic (exact) mass is 368 g/mol. The van der Waals surface area contributed by atoms with Crippen LogP contribution in [-0.4, -0.2) is 22.7 Å². The maximum atomic E-state index is 12.5. The van der Waals surface area contributed by atoms with Crippen LogP contribution in [0.5, 0.6) is 0 Å². The second-order valence-electron chi connectivity index (χ2n) is 5.70. The van der Waals surface area contributed by atoms with Gasteiger partial charge in [0.1, 0.15) is 0 Å². The molecule has 1 heterocycles. The first-order chi connectivity index (χ1) is 11.8. The largest absolute Gasteiger partial charge is 0.417 e. The third-order valence-electron chi connectivity index (χ3n) is 3.68. The number of amides is 1. The molecule has 0 fully saturated rings. The summed E-state index contributed by atoms with van der Waals surface area (Å²) in [6.45, 7) is 4.21. The normalized spacial score (nSPS) is 14.0. The van der Waals surface area contributed by atoms with Gasteiger partial charge in [0.05, 0.1) is 15.8 Å². The van der Waals surface area contributed by atoms with Crippen molar-refractivity contribution in [2.75, 3.05) is 6.54 Å². The average Bonchev–Trinajstić information content (AvgIpc) is 2.59. The molecule has 0 bridgehead atoms. The molecular weight excluding hydrogens is 349 g/mol. The molecule has 0 saturated heterocycles. The molecule has 2 aromatic rings. The fourth-order valence-corrected chi connectivity index (χ4v) is 2.96. The van der Waals surface area contributed by atoms with Crippen LogP contribution in [0.15, 0.2) is 53.7 Å². The van der Waals surface area contributed by atoms with Crippen LogP contribution in [0.25, 0.3) is 0 Å².